The van der Waals surface area contributed by atoms with Crippen molar-refractivity contribution in [1.29, 1.82) is 0 Å². The summed E-state index contributed by atoms with van der Waals surface area (Å²) in [5.41, 5.74) is 0. The zero-order valence-corrected chi connectivity index (χ0v) is 3.90. The summed E-state index contributed by atoms with van der Waals surface area (Å²) in [6, 6.07) is 0. The van der Waals surface area contributed by atoms with E-state index in [2.05, 4.69) is 13.0 Å². The summed E-state index contributed by atoms with van der Waals surface area (Å²) in [5, 5.41) is 0. The van der Waals surface area contributed by atoms with Crippen LogP contribution in [0.3, 0.4) is 0 Å². The summed E-state index contributed by atoms with van der Waals surface area (Å²) < 4.78 is 4.81. The molecule has 0 bridgehead atoms. The Balaban J connectivity index is 2.24. The van der Waals surface area contributed by atoms with Crippen LogP contribution in [0.15, 0.2) is 11.8 Å². The third kappa shape index (κ3) is 0.744. The Kier molecular flexibility index (Phi) is 0.825. The zero-order valence-electron chi connectivity index (χ0n) is 3.90. The molecule has 1 heteroatoms. The van der Waals surface area contributed by atoms with Crippen LogP contribution >= 0.6 is 0 Å². The van der Waals surface area contributed by atoms with Crippen LogP contribution in [0.25, 0.3) is 0 Å². The molecule has 0 atom stereocenters. The van der Waals surface area contributed by atoms with Crippen LogP contribution in [-0.4, -0.2) is 6.61 Å². The minimum absolute atomic E-state index is 0.883. The van der Waals surface area contributed by atoms with Crippen molar-refractivity contribution in [2.45, 2.75) is 13.3 Å². The largest absolute Gasteiger partial charge is 0.487 e. The Morgan fingerprint density at radius 1 is 2.00 bits per heavy atom. The third-order valence-corrected chi connectivity index (χ3v) is 0.743. The monoisotopic (exact) mass is 84.1 g/mol. The second kappa shape index (κ2) is 1.33. The Hall–Kier alpha value is -0.460. The Labute approximate surface area is 37.6 Å². The molecule has 0 aromatic heterocycles. The van der Waals surface area contributed by atoms with E-state index in [-0.39, 0.29) is 0 Å². The van der Waals surface area contributed by atoms with Gasteiger partial charge in [-0.2, -0.15) is 0 Å². The highest BCUT2D eigenvalue weighted by atomic mass is 16.6. The van der Waals surface area contributed by atoms with E-state index in [1.165, 1.54) is 0 Å². The molecule has 0 unspecified atom stereocenters. The highest BCUT2D eigenvalue weighted by molar-refractivity contribution is 5.03. The molecule has 0 amide bonds. The molecule has 0 N–H and O–H groups in total. The van der Waals surface area contributed by atoms with Crippen LogP contribution in [0.2, 0.25) is 0 Å². The van der Waals surface area contributed by atoms with Gasteiger partial charge in [-0.05, 0) is 12.5 Å². The van der Waals surface area contributed by atoms with Crippen molar-refractivity contribution in [3.63, 3.8) is 0 Å². The quantitative estimate of drug-likeness (QED) is 0.436. The van der Waals surface area contributed by atoms with Gasteiger partial charge < -0.3 is 4.74 Å². The Morgan fingerprint density at radius 3 is 2.83 bits per heavy atom. The van der Waals surface area contributed by atoms with Crippen molar-refractivity contribution in [2.75, 3.05) is 6.61 Å². The van der Waals surface area contributed by atoms with Crippen LogP contribution in [0.5, 0.6) is 0 Å². The van der Waals surface area contributed by atoms with Crippen molar-refractivity contribution in [2.24, 2.45) is 0 Å². The number of ether oxygens (including phenoxy) is 1. The van der Waals surface area contributed by atoms with E-state index in [1.807, 2.05) is 0 Å². The van der Waals surface area contributed by atoms with E-state index >= 15 is 0 Å². The molecule has 0 aromatic carbocycles. The maximum absolute atomic E-state index is 4.81. The fraction of sp³-hybridized carbons (Fsp3) is 0.600. The molecule has 1 aliphatic rings. The average Bonchev–Trinajstić information content (AvgIpc) is 2.21. The zero-order chi connectivity index (χ0) is 4.41. The molecule has 0 spiro atoms. The Morgan fingerprint density at radius 2 is 2.67 bits per heavy atom. The van der Waals surface area contributed by atoms with Crippen molar-refractivity contribution < 1.29 is 4.74 Å². The van der Waals surface area contributed by atoms with Crippen LogP contribution in [0.4, 0.5) is 0 Å². The number of allylic oxidation sites excluding steroid dienone is 1. The van der Waals surface area contributed by atoms with Crippen LogP contribution in [0, 0.1) is 0 Å². The topological polar surface area (TPSA) is 12.5 Å². The predicted molar refractivity (Wildman–Crippen MR) is 24.3 cm³/mol. The summed E-state index contributed by atoms with van der Waals surface area (Å²) in [7, 11) is 0. The fourth-order valence-corrected chi connectivity index (χ4v) is 0.387. The van der Waals surface area contributed by atoms with Crippen LogP contribution < -0.4 is 0 Å². The molecule has 0 aliphatic carbocycles. The van der Waals surface area contributed by atoms with Crippen molar-refractivity contribution >= 4 is 0 Å². The molecular weight excluding hydrogens is 76.1 g/mol. The van der Waals surface area contributed by atoms with Crippen LogP contribution in [-0.2, 0) is 4.74 Å². The molecular formula is C5H8O. The van der Waals surface area contributed by atoms with Gasteiger partial charge in [-0.1, -0.05) is 6.92 Å². The maximum atomic E-state index is 4.81. The first kappa shape index (κ1) is 3.72. The molecule has 0 aromatic rings. The normalized spacial score (nSPS) is 23.8. The first-order valence-corrected chi connectivity index (χ1v) is 2.25. The van der Waals surface area contributed by atoms with E-state index < -0.39 is 0 Å². The third-order valence-electron chi connectivity index (χ3n) is 0.743. The molecule has 1 aliphatic heterocycles. The summed E-state index contributed by atoms with van der Waals surface area (Å²) in [6.07, 6.45) is 3.20. The molecule has 0 saturated carbocycles. The molecule has 1 nitrogen and oxygen atoms in total. The smallest absolute Gasteiger partial charge is 0.145 e. The summed E-state index contributed by atoms with van der Waals surface area (Å²) in [5.74, 6) is 1.16. The minimum atomic E-state index is 0.883. The predicted octanol–water partition coefficient (Wildman–Crippen LogP) is 1.31. The van der Waals surface area contributed by atoms with Gasteiger partial charge >= 0.3 is 0 Å². The van der Waals surface area contributed by atoms with Gasteiger partial charge in [-0.15, -0.1) is 0 Å². The number of epoxide rings is 1. The Bertz CT molecular complexity index is 68.0. The van der Waals surface area contributed by atoms with E-state index in [0.717, 1.165) is 18.8 Å². The highest BCUT2D eigenvalue weighted by Gasteiger charge is 2.09. The van der Waals surface area contributed by atoms with Gasteiger partial charge in [0.05, 0.1) is 0 Å². The molecule has 1 heterocycles. The van der Waals surface area contributed by atoms with Crippen molar-refractivity contribution in [1.82, 2.24) is 0 Å². The standard InChI is InChI=1S/C5H8O/c1-2-3-5-4-6-5/h3H,2,4H2,1H3. The van der Waals surface area contributed by atoms with Crippen molar-refractivity contribution in [3.05, 3.63) is 11.8 Å². The molecule has 6 heavy (non-hydrogen) atoms. The first-order valence-electron chi connectivity index (χ1n) is 2.25. The fourth-order valence-electron chi connectivity index (χ4n) is 0.387. The van der Waals surface area contributed by atoms with Crippen LogP contribution in [0.1, 0.15) is 13.3 Å². The van der Waals surface area contributed by atoms with Crippen molar-refractivity contribution in [3.8, 4) is 0 Å². The van der Waals surface area contributed by atoms with E-state index in [0.29, 0.717) is 0 Å². The number of hydrogen-bond donors (Lipinski definition) is 0. The van der Waals surface area contributed by atoms with E-state index in [4.69, 9.17) is 4.74 Å². The van der Waals surface area contributed by atoms with Gasteiger partial charge in [0.15, 0.2) is 0 Å². The summed E-state index contributed by atoms with van der Waals surface area (Å²) in [6.45, 7) is 2.99. The lowest BCUT2D eigenvalue weighted by Crippen LogP contribution is -1.48. The summed E-state index contributed by atoms with van der Waals surface area (Å²) in [4.78, 5) is 0. The second-order valence-corrected chi connectivity index (χ2v) is 1.37. The maximum Gasteiger partial charge on any atom is 0.145 e. The van der Waals surface area contributed by atoms with Gasteiger partial charge in [-0.25, -0.2) is 0 Å². The van der Waals surface area contributed by atoms with Gasteiger partial charge in [0, 0.05) is 0 Å². The first-order chi connectivity index (χ1) is 2.93. The van der Waals surface area contributed by atoms with Gasteiger partial charge in [0.2, 0.25) is 0 Å². The van der Waals surface area contributed by atoms with Gasteiger partial charge in [-0.3, -0.25) is 0 Å². The van der Waals surface area contributed by atoms with Gasteiger partial charge in [0.25, 0.3) is 0 Å². The molecule has 0 radical (unpaired) electrons. The number of rotatable bonds is 1. The highest BCUT2D eigenvalue weighted by Crippen LogP contribution is 2.13. The summed E-state index contributed by atoms with van der Waals surface area (Å²) >= 11 is 0. The molecule has 34 valence electrons. The van der Waals surface area contributed by atoms with E-state index in [9.17, 15) is 0 Å². The average molecular weight is 84.1 g/mol. The number of hydrogen-bond acceptors (Lipinski definition) is 1. The van der Waals surface area contributed by atoms with E-state index in [1.54, 1.807) is 0 Å². The molecule has 1 fully saturated rings. The molecule has 1 saturated heterocycles. The lowest BCUT2D eigenvalue weighted by molar-refractivity contribution is 0.508. The second-order valence-electron chi connectivity index (χ2n) is 1.37. The van der Waals surface area contributed by atoms with Gasteiger partial charge in [0.1, 0.15) is 12.4 Å². The lowest BCUT2D eigenvalue weighted by Gasteiger charge is -1.64. The lowest BCUT2D eigenvalue weighted by atomic mass is 10.4. The SMILES string of the molecule is CCC=C1CO1. The molecule has 1 rings (SSSR count). The minimum Gasteiger partial charge on any atom is -0.487 e.